The van der Waals surface area contributed by atoms with Crippen LogP contribution in [0.2, 0.25) is 0 Å². The van der Waals surface area contributed by atoms with Gasteiger partial charge in [0.15, 0.2) is 0 Å². The summed E-state index contributed by atoms with van der Waals surface area (Å²) < 4.78 is 0. The van der Waals surface area contributed by atoms with Crippen molar-refractivity contribution < 1.29 is 4.79 Å². The van der Waals surface area contributed by atoms with Gasteiger partial charge in [-0.15, -0.1) is 0 Å². The molecule has 0 heterocycles. The second-order valence-electron chi connectivity index (χ2n) is 5.46. The molecule has 18 heavy (non-hydrogen) atoms. The van der Waals surface area contributed by atoms with Crippen molar-refractivity contribution in [3.8, 4) is 0 Å². The van der Waals surface area contributed by atoms with Crippen LogP contribution in [0.4, 0.5) is 0 Å². The third-order valence-electron chi connectivity index (χ3n) is 4.21. The average Bonchev–Trinajstić information content (AvgIpc) is 2.69. The van der Waals surface area contributed by atoms with Gasteiger partial charge < -0.3 is 0 Å². The van der Waals surface area contributed by atoms with E-state index in [9.17, 15) is 4.79 Å². The summed E-state index contributed by atoms with van der Waals surface area (Å²) in [6.07, 6.45) is 8.25. The summed E-state index contributed by atoms with van der Waals surface area (Å²) in [5, 5.41) is 0. The molecule has 98 valence electrons. The third-order valence-corrected chi connectivity index (χ3v) is 4.21. The maximum Gasteiger partial charge on any atom is 0.143 e. The summed E-state index contributed by atoms with van der Waals surface area (Å²) in [6, 6.07) is 10.3. The van der Waals surface area contributed by atoms with Crippen LogP contribution in [0.15, 0.2) is 30.3 Å². The molecule has 1 nitrogen and oxygen atoms in total. The van der Waals surface area contributed by atoms with E-state index in [2.05, 4.69) is 19.1 Å². The van der Waals surface area contributed by atoms with Gasteiger partial charge in [0.05, 0.1) is 0 Å². The molecule has 1 atom stereocenters. The Bertz CT molecular complexity index is 360. The maximum atomic E-state index is 12.7. The van der Waals surface area contributed by atoms with Crippen molar-refractivity contribution in [2.45, 2.75) is 57.8 Å². The maximum absolute atomic E-state index is 12.7. The van der Waals surface area contributed by atoms with Gasteiger partial charge in [0.25, 0.3) is 0 Å². The number of carbonyl (C=O) groups excluding carboxylic acids is 1. The molecule has 1 aromatic rings. The van der Waals surface area contributed by atoms with Crippen LogP contribution in [0.1, 0.15) is 63.4 Å². The van der Waals surface area contributed by atoms with Gasteiger partial charge in [-0.1, -0.05) is 62.9 Å². The Morgan fingerprint density at radius 1 is 1.11 bits per heavy atom. The molecule has 1 fully saturated rings. The van der Waals surface area contributed by atoms with Gasteiger partial charge in [-0.05, 0) is 24.8 Å². The Balaban J connectivity index is 2.09. The number of ketones is 1. The molecule has 0 spiro atoms. The van der Waals surface area contributed by atoms with E-state index in [0.29, 0.717) is 11.7 Å². The first kappa shape index (κ1) is 13.3. The Hall–Kier alpha value is -1.11. The molecule has 0 N–H and O–H groups in total. The molecule has 1 aliphatic carbocycles. The van der Waals surface area contributed by atoms with Crippen molar-refractivity contribution in [2.75, 3.05) is 0 Å². The van der Waals surface area contributed by atoms with Gasteiger partial charge in [-0.2, -0.15) is 0 Å². The van der Waals surface area contributed by atoms with Crippen LogP contribution in [0.25, 0.3) is 0 Å². The van der Waals surface area contributed by atoms with E-state index in [4.69, 9.17) is 0 Å². The third kappa shape index (κ3) is 3.22. The Labute approximate surface area is 111 Å². The predicted octanol–water partition coefficient (Wildman–Crippen LogP) is 4.72. The van der Waals surface area contributed by atoms with Gasteiger partial charge >= 0.3 is 0 Å². The largest absolute Gasteiger partial charge is 0.299 e. The van der Waals surface area contributed by atoms with E-state index < -0.39 is 0 Å². The zero-order chi connectivity index (χ0) is 12.8. The van der Waals surface area contributed by atoms with E-state index in [1.165, 1.54) is 31.2 Å². The standard InChI is InChI=1S/C17H24O/c1-2-16(14-10-8-5-9-11-14)17(18)15-12-6-3-4-7-13-15/h5,8-11,15-16H,2-4,6-7,12-13H2,1H3. The lowest BCUT2D eigenvalue weighted by Crippen LogP contribution is -2.21. The summed E-state index contributed by atoms with van der Waals surface area (Å²) >= 11 is 0. The first-order valence-electron chi connectivity index (χ1n) is 7.41. The minimum atomic E-state index is 0.120. The lowest BCUT2D eigenvalue weighted by atomic mass is 9.82. The quantitative estimate of drug-likeness (QED) is 0.700. The second-order valence-corrected chi connectivity index (χ2v) is 5.46. The fraction of sp³-hybridized carbons (Fsp3) is 0.588. The zero-order valence-electron chi connectivity index (χ0n) is 11.4. The van der Waals surface area contributed by atoms with Gasteiger partial charge in [0.2, 0.25) is 0 Å². The normalized spacial score (nSPS) is 19.2. The molecule has 1 unspecified atom stereocenters. The molecule has 0 saturated heterocycles. The SMILES string of the molecule is CCC(C(=O)C1CCCCCC1)c1ccccc1. The van der Waals surface area contributed by atoms with Crippen LogP contribution in [-0.4, -0.2) is 5.78 Å². The van der Waals surface area contributed by atoms with E-state index in [-0.39, 0.29) is 5.92 Å². The predicted molar refractivity (Wildman–Crippen MR) is 75.7 cm³/mol. The molecular formula is C17H24O. The number of Topliss-reactive ketones (excluding diaryl/α,β-unsaturated/α-hetero) is 1. The van der Waals surface area contributed by atoms with Crippen LogP contribution in [0.3, 0.4) is 0 Å². The highest BCUT2D eigenvalue weighted by Crippen LogP contribution is 2.31. The molecule has 0 radical (unpaired) electrons. The van der Waals surface area contributed by atoms with Crippen molar-refractivity contribution in [3.63, 3.8) is 0 Å². The van der Waals surface area contributed by atoms with E-state index in [0.717, 1.165) is 19.3 Å². The lowest BCUT2D eigenvalue weighted by Gasteiger charge is -2.20. The van der Waals surface area contributed by atoms with Gasteiger partial charge in [0.1, 0.15) is 5.78 Å². The highest BCUT2D eigenvalue weighted by molar-refractivity contribution is 5.87. The zero-order valence-corrected chi connectivity index (χ0v) is 11.4. The minimum absolute atomic E-state index is 0.120. The summed E-state index contributed by atoms with van der Waals surface area (Å²) in [5.74, 6) is 0.928. The Morgan fingerprint density at radius 3 is 2.28 bits per heavy atom. The van der Waals surface area contributed by atoms with Crippen LogP contribution >= 0.6 is 0 Å². The first-order chi connectivity index (χ1) is 8.83. The van der Waals surface area contributed by atoms with E-state index in [1.807, 2.05) is 18.2 Å². The number of rotatable bonds is 4. The molecule has 1 aliphatic rings. The second kappa shape index (κ2) is 6.72. The van der Waals surface area contributed by atoms with Crippen molar-refractivity contribution >= 4 is 5.78 Å². The van der Waals surface area contributed by atoms with Gasteiger partial charge in [0, 0.05) is 11.8 Å². The lowest BCUT2D eigenvalue weighted by molar-refractivity contribution is -0.124. The minimum Gasteiger partial charge on any atom is -0.299 e. The molecule has 0 aliphatic heterocycles. The van der Waals surface area contributed by atoms with Crippen molar-refractivity contribution in [2.24, 2.45) is 5.92 Å². The number of benzene rings is 1. The van der Waals surface area contributed by atoms with Crippen LogP contribution in [0.5, 0.6) is 0 Å². The monoisotopic (exact) mass is 244 g/mol. The number of hydrogen-bond acceptors (Lipinski definition) is 1. The van der Waals surface area contributed by atoms with E-state index in [1.54, 1.807) is 0 Å². The molecule has 0 bridgehead atoms. The molecule has 0 aromatic heterocycles. The van der Waals surface area contributed by atoms with E-state index >= 15 is 0 Å². The smallest absolute Gasteiger partial charge is 0.143 e. The summed E-state index contributed by atoms with van der Waals surface area (Å²) in [7, 11) is 0. The highest BCUT2D eigenvalue weighted by Gasteiger charge is 2.27. The molecule has 0 amide bonds. The van der Waals surface area contributed by atoms with Crippen LogP contribution in [-0.2, 0) is 4.79 Å². The van der Waals surface area contributed by atoms with Crippen LogP contribution < -0.4 is 0 Å². The first-order valence-corrected chi connectivity index (χ1v) is 7.41. The van der Waals surface area contributed by atoms with Crippen molar-refractivity contribution in [1.29, 1.82) is 0 Å². The highest BCUT2D eigenvalue weighted by atomic mass is 16.1. The average molecular weight is 244 g/mol. The van der Waals surface area contributed by atoms with Crippen LogP contribution in [0, 0.1) is 5.92 Å². The summed E-state index contributed by atoms with van der Waals surface area (Å²) in [5.41, 5.74) is 1.20. The van der Waals surface area contributed by atoms with Gasteiger partial charge in [-0.3, -0.25) is 4.79 Å². The molecule has 1 aromatic carbocycles. The molecular weight excluding hydrogens is 220 g/mol. The number of hydrogen-bond donors (Lipinski definition) is 0. The summed E-state index contributed by atoms with van der Waals surface area (Å²) in [4.78, 5) is 12.7. The molecule has 1 saturated carbocycles. The van der Waals surface area contributed by atoms with Crippen molar-refractivity contribution in [3.05, 3.63) is 35.9 Å². The molecule has 2 rings (SSSR count). The fourth-order valence-corrected chi connectivity index (χ4v) is 3.13. The van der Waals surface area contributed by atoms with Gasteiger partial charge in [-0.25, -0.2) is 0 Å². The Morgan fingerprint density at radius 2 is 1.72 bits per heavy atom. The topological polar surface area (TPSA) is 17.1 Å². The number of carbonyl (C=O) groups is 1. The summed E-state index contributed by atoms with van der Waals surface area (Å²) in [6.45, 7) is 2.13. The fourth-order valence-electron chi connectivity index (χ4n) is 3.13. The molecule has 1 heteroatoms. The van der Waals surface area contributed by atoms with Crippen molar-refractivity contribution in [1.82, 2.24) is 0 Å². The Kier molecular flexibility index (Phi) is 4.98.